The lowest BCUT2D eigenvalue weighted by molar-refractivity contribution is -0.137. The minimum atomic E-state index is -4.41. The van der Waals surface area contributed by atoms with Gasteiger partial charge in [0.05, 0.1) is 30.4 Å². The number of alkyl halides is 3. The normalized spacial score (nSPS) is 11.4. The fourth-order valence-electron chi connectivity index (χ4n) is 3.90. The molecule has 1 amide bonds. The Labute approximate surface area is 210 Å². The Morgan fingerprint density at radius 3 is 2.65 bits per heavy atom. The number of anilines is 2. The van der Waals surface area contributed by atoms with Gasteiger partial charge in [0, 0.05) is 28.5 Å². The number of aromatic nitrogens is 4. The van der Waals surface area contributed by atoms with Crippen molar-refractivity contribution in [1.29, 1.82) is 0 Å². The van der Waals surface area contributed by atoms with Gasteiger partial charge in [-0.25, -0.2) is 4.68 Å². The Morgan fingerprint density at radius 2 is 1.78 bits per heavy atom. The molecule has 0 radical (unpaired) electrons. The zero-order chi connectivity index (χ0) is 25.8. The third-order valence-corrected chi connectivity index (χ3v) is 5.67. The van der Waals surface area contributed by atoms with Gasteiger partial charge in [-0.1, -0.05) is 41.6 Å². The summed E-state index contributed by atoms with van der Waals surface area (Å²) in [4.78, 5) is 17.1. The first-order valence-electron chi connectivity index (χ1n) is 11.4. The van der Waals surface area contributed by atoms with Gasteiger partial charge >= 0.3 is 6.18 Å². The molecule has 3 aromatic carbocycles. The van der Waals surface area contributed by atoms with Crippen LogP contribution in [0.3, 0.4) is 0 Å². The molecule has 0 unspecified atom stereocenters. The van der Waals surface area contributed by atoms with Crippen LogP contribution in [0.15, 0.2) is 91.3 Å². The van der Waals surface area contributed by atoms with Crippen molar-refractivity contribution in [2.75, 3.05) is 5.32 Å². The molecule has 37 heavy (non-hydrogen) atoms. The second-order valence-corrected chi connectivity index (χ2v) is 8.37. The van der Waals surface area contributed by atoms with Crippen LogP contribution in [-0.2, 0) is 19.3 Å². The van der Waals surface area contributed by atoms with Gasteiger partial charge < -0.3 is 10.6 Å². The molecule has 0 spiro atoms. The number of pyridine rings is 1. The maximum absolute atomic E-state index is 12.9. The van der Waals surface area contributed by atoms with Crippen molar-refractivity contribution in [3.63, 3.8) is 0 Å². The van der Waals surface area contributed by atoms with E-state index in [0.717, 1.165) is 34.4 Å². The Hall–Kier alpha value is -4.73. The second kappa shape index (κ2) is 10.1. The van der Waals surface area contributed by atoms with E-state index in [9.17, 15) is 18.0 Å². The average molecular weight is 503 g/mol. The summed E-state index contributed by atoms with van der Waals surface area (Å²) in [6.07, 6.45) is -1.10. The van der Waals surface area contributed by atoms with Crippen molar-refractivity contribution in [2.45, 2.75) is 19.3 Å². The molecule has 0 fully saturated rings. The summed E-state index contributed by atoms with van der Waals surface area (Å²) in [5, 5.41) is 15.1. The Bertz CT molecular complexity index is 1560. The number of nitrogens with zero attached hydrogens (tertiary/aromatic N) is 4. The number of halogens is 3. The van der Waals surface area contributed by atoms with Crippen LogP contribution in [0, 0.1) is 0 Å². The maximum Gasteiger partial charge on any atom is 0.416 e. The fourth-order valence-corrected chi connectivity index (χ4v) is 3.90. The Kier molecular flexibility index (Phi) is 6.55. The lowest BCUT2D eigenvalue weighted by Crippen LogP contribution is -2.23. The molecule has 0 bridgehead atoms. The topological polar surface area (TPSA) is 84.7 Å². The third kappa shape index (κ3) is 5.75. The van der Waals surface area contributed by atoms with E-state index in [4.69, 9.17) is 0 Å². The van der Waals surface area contributed by atoms with Crippen molar-refractivity contribution in [2.24, 2.45) is 0 Å². The highest BCUT2D eigenvalue weighted by atomic mass is 19.4. The molecule has 5 rings (SSSR count). The van der Waals surface area contributed by atoms with Crippen LogP contribution in [-0.4, -0.2) is 25.9 Å². The van der Waals surface area contributed by atoms with Gasteiger partial charge in [-0.2, -0.15) is 13.2 Å². The molecule has 10 heteroatoms. The highest BCUT2D eigenvalue weighted by Gasteiger charge is 2.30. The number of carbonyl (C=O) groups is 1. The summed E-state index contributed by atoms with van der Waals surface area (Å²) in [5.74, 6) is -0.296. The number of fused-ring (bicyclic) bond motifs is 1. The number of hydrogen-bond donors (Lipinski definition) is 2. The lowest BCUT2D eigenvalue weighted by Gasteiger charge is -2.11. The average Bonchev–Trinajstić information content (AvgIpc) is 3.34. The first-order chi connectivity index (χ1) is 17.8. The van der Waals surface area contributed by atoms with Gasteiger partial charge in [-0.3, -0.25) is 9.78 Å². The van der Waals surface area contributed by atoms with Gasteiger partial charge in [-0.15, -0.1) is 5.10 Å². The fraction of sp³-hybridized carbons (Fsp3) is 0.111. The standard InChI is InChI=1S/C27H21F3N6O/c28-27(29,30)20-7-3-5-18(13-20)16-36-17-22(34-35-36)15-32-26(37)19-6-4-8-21(14-19)33-25-11-12-31-24-10-2-1-9-23(24)25/h1-14,17H,15-16H2,(H,31,33)(H,32,37). The number of para-hydroxylation sites is 1. The molecule has 5 aromatic rings. The van der Waals surface area contributed by atoms with Crippen LogP contribution in [0.5, 0.6) is 0 Å². The van der Waals surface area contributed by atoms with Gasteiger partial charge in [0.2, 0.25) is 0 Å². The predicted octanol–water partition coefficient (Wildman–Crippen LogP) is 5.57. The molecule has 0 aliphatic rings. The predicted molar refractivity (Wildman–Crippen MR) is 133 cm³/mol. The zero-order valence-corrected chi connectivity index (χ0v) is 19.4. The molecule has 0 saturated carbocycles. The van der Waals surface area contributed by atoms with Crippen LogP contribution < -0.4 is 10.6 Å². The van der Waals surface area contributed by atoms with Crippen LogP contribution in [0.1, 0.15) is 27.2 Å². The van der Waals surface area contributed by atoms with E-state index < -0.39 is 11.7 Å². The molecule has 0 aliphatic heterocycles. The minimum Gasteiger partial charge on any atom is -0.355 e. The molecular weight excluding hydrogens is 481 g/mol. The summed E-state index contributed by atoms with van der Waals surface area (Å²) in [6, 6.07) is 21.8. The Morgan fingerprint density at radius 1 is 0.946 bits per heavy atom. The molecule has 0 aliphatic carbocycles. The van der Waals surface area contributed by atoms with Crippen LogP contribution in [0.25, 0.3) is 10.9 Å². The van der Waals surface area contributed by atoms with Crippen molar-refractivity contribution < 1.29 is 18.0 Å². The summed E-state index contributed by atoms with van der Waals surface area (Å²) >= 11 is 0. The monoisotopic (exact) mass is 502 g/mol. The molecule has 0 atom stereocenters. The summed E-state index contributed by atoms with van der Waals surface area (Å²) < 4.78 is 40.3. The van der Waals surface area contributed by atoms with E-state index in [1.165, 1.54) is 10.7 Å². The molecule has 186 valence electrons. The summed E-state index contributed by atoms with van der Waals surface area (Å²) in [7, 11) is 0. The van der Waals surface area contributed by atoms with Crippen LogP contribution >= 0.6 is 0 Å². The number of carbonyl (C=O) groups excluding carboxylic acids is 1. The Balaban J connectivity index is 1.21. The van der Waals surface area contributed by atoms with E-state index in [-0.39, 0.29) is 19.0 Å². The molecule has 0 saturated heterocycles. The molecule has 2 aromatic heterocycles. The summed E-state index contributed by atoms with van der Waals surface area (Å²) in [6.45, 7) is 0.246. The zero-order valence-electron chi connectivity index (χ0n) is 19.4. The van der Waals surface area contributed by atoms with E-state index >= 15 is 0 Å². The SMILES string of the molecule is O=C(NCc1cn(Cc2cccc(C(F)(F)F)c2)nn1)c1cccc(Nc2ccnc3ccccc23)c1. The van der Waals surface area contributed by atoms with E-state index in [1.807, 2.05) is 36.4 Å². The first-order valence-corrected chi connectivity index (χ1v) is 11.4. The maximum atomic E-state index is 12.9. The smallest absolute Gasteiger partial charge is 0.355 e. The minimum absolute atomic E-state index is 0.119. The summed E-state index contributed by atoms with van der Waals surface area (Å²) in [5.41, 5.74) is 3.16. The number of rotatable bonds is 7. The van der Waals surface area contributed by atoms with Crippen molar-refractivity contribution in [1.82, 2.24) is 25.3 Å². The van der Waals surface area contributed by atoms with Gasteiger partial charge in [0.25, 0.3) is 5.91 Å². The largest absolute Gasteiger partial charge is 0.416 e. The van der Waals surface area contributed by atoms with E-state index in [0.29, 0.717) is 16.8 Å². The molecular formula is C27H21F3N6O. The number of amides is 1. The number of hydrogen-bond acceptors (Lipinski definition) is 5. The van der Waals surface area contributed by atoms with Gasteiger partial charge in [-0.05, 0) is 48.0 Å². The van der Waals surface area contributed by atoms with E-state index in [2.05, 4.69) is 25.9 Å². The van der Waals surface area contributed by atoms with Crippen molar-refractivity contribution >= 4 is 28.2 Å². The second-order valence-electron chi connectivity index (χ2n) is 8.37. The molecule has 7 nitrogen and oxygen atoms in total. The number of nitrogens with one attached hydrogen (secondary N) is 2. The molecule has 2 heterocycles. The first kappa shape index (κ1) is 24.0. The van der Waals surface area contributed by atoms with Crippen LogP contribution in [0.4, 0.5) is 24.5 Å². The molecule has 2 N–H and O–H groups in total. The quantitative estimate of drug-likeness (QED) is 0.304. The highest BCUT2D eigenvalue weighted by molar-refractivity contribution is 5.96. The van der Waals surface area contributed by atoms with Crippen LogP contribution in [0.2, 0.25) is 0 Å². The van der Waals surface area contributed by atoms with Gasteiger partial charge in [0.15, 0.2) is 0 Å². The third-order valence-electron chi connectivity index (χ3n) is 5.67. The van der Waals surface area contributed by atoms with E-state index in [1.54, 1.807) is 36.7 Å². The van der Waals surface area contributed by atoms with Crippen molar-refractivity contribution in [3.05, 3.63) is 114 Å². The van der Waals surface area contributed by atoms with Crippen molar-refractivity contribution in [3.8, 4) is 0 Å². The number of benzene rings is 3. The van der Waals surface area contributed by atoms with Gasteiger partial charge in [0.1, 0.15) is 5.69 Å². The lowest BCUT2D eigenvalue weighted by atomic mass is 10.1. The highest BCUT2D eigenvalue weighted by Crippen LogP contribution is 2.29.